The molecule has 19 heavy (non-hydrogen) atoms. The Labute approximate surface area is 119 Å². The lowest BCUT2D eigenvalue weighted by Crippen LogP contribution is -2.31. The molecule has 4 heteroatoms. The summed E-state index contributed by atoms with van der Waals surface area (Å²) in [6.45, 7) is 4.66. The van der Waals surface area contributed by atoms with Crippen LogP contribution in [0.4, 0.5) is 10.5 Å². The van der Waals surface area contributed by atoms with Crippen molar-refractivity contribution in [3.05, 3.63) is 28.3 Å². The highest BCUT2D eigenvalue weighted by atomic mass is 35.5. The minimum atomic E-state index is -0.165. The van der Waals surface area contributed by atoms with Crippen molar-refractivity contribution >= 4 is 23.3 Å². The molecular weight excluding hydrogens is 260 g/mol. The molecule has 0 fully saturated rings. The summed E-state index contributed by atoms with van der Waals surface area (Å²) in [5, 5.41) is 5.76. The number of urea groups is 1. The van der Waals surface area contributed by atoms with Gasteiger partial charge < -0.3 is 10.6 Å². The molecule has 0 aliphatic heterocycles. The zero-order chi connectivity index (χ0) is 13.8. The molecule has 104 valence electrons. The van der Waals surface area contributed by atoms with E-state index in [2.05, 4.69) is 30.5 Å². The standard InChI is InChI=1S/C15H21ClN2O/c1-10-9-12-5-3-4-6-13(12)14(11(10)2)18-15(19)17-8-7-16/h9H,3-8H2,1-2H3,(H2,17,18,19). The SMILES string of the molecule is Cc1cc2c(c(NC(=O)NCCCl)c1C)CCCC2. The molecule has 1 aromatic carbocycles. The summed E-state index contributed by atoms with van der Waals surface area (Å²) in [7, 11) is 0. The number of hydrogen-bond donors (Lipinski definition) is 2. The van der Waals surface area contributed by atoms with Crippen LogP contribution in [0, 0.1) is 13.8 Å². The van der Waals surface area contributed by atoms with E-state index < -0.39 is 0 Å². The number of nitrogens with one attached hydrogen (secondary N) is 2. The number of rotatable bonds is 3. The van der Waals surface area contributed by atoms with Crippen LogP contribution < -0.4 is 10.6 Å². The number of benzene rings is 1. The normalized spacial score (nSPS) is 13.8. The predicted molar refractivity (Wildman–Crippen MR) is 80.3 cm³/mol. The summed E-state index contributed by atoms with van der Waals surface area (Å²) in [5.41, 5.74) is 6.12. The summed E-state index contributed by atoms with van der Waals surface area (Å²) in [6.07, 6.45) is 4.62. The maximum absolute atomic E-state index is 11.8. The lowest BCUT2D eigenvalue weighted by molar-refractivity contribution is 0.252. The first-order chi connectivity index (χ1) is 9.13. The van der Waals surface area contributed by atoms with E-state index in [0.29, 0.717) is 12.4 Å². The molecule has 0 unspecified atom stereocenters. The molecule has 0 atom stereocenters. The minimum Gasteiger partial charge on any atom is -0.337 e. The predicted octanol–water partition coefficient (Wildman–Crippen LogP) is 3.54. The Balaban J connectivity index is 2.27. The van der Waals surface area contributed by atoms with Crippen molar-refractivity contribution in [2.75, 3.05) is 17.7 Å². The fraction of sp³-hybridized carbons (Fsp3) is 0.533. The Morgan fingerprint density at radius 1 is 1.32 bits per heavy atom. The molecule has 0 radical (unpaired) electrons. The summed E-state index contributed by atoms with van der Waals surface area (Å²) in [5.74, 6) is 0.429. The number of carbonyl (C=O) groups excluding carboxylic acids is 1. The van der Waals surface area contributed by atoms with Crippen LogP contribution in [0.1, 0.15) is 35.1 Å². The number of fused-ring (bicyclic) bond motifs is 1. The van der Waals surface area contributed by atoms with Crippen LogP contribution in [-0.2, 0) is 12.8 Å². The van der Waals surface area contributed by atoms with E-state index in [1.807, 2.05) is 0 Å². The molecule has 0 spiro atoms. The third kappa shape index (κ3) is 3.21. The fourth-order valence-corrected chi connectivity index (χ4v) is 2.75. The van der Waals surface area contributed by atoms with Gasteiger partial charge in [-0.3, -0.25) is 0 Å². The van der Waals surface area contributed by atoms with E-state index >= 15 is 0 Å². The molecule has 0 saturated heterocycles. The molecule has 2 N–H and O–H groups in total. The molecular formula is C15H21ClN2O. The van der Waals surface area contributed by atoms with Gasteiger partial charge in [0.15, 0.2) is 0 Å². The number of halogens is 1. The molecule has 0 bridgehead atoms. The third-order valence-electron chi connectivity index (χ3n) is 3.79. The Bertz CT molecular complexity index is 486. The Morgan fingerprint density at radius 3 is 2.79 bits per heavy atom. The van der Waals surface area contributed by atoms with E-state index in [4.69, 9.17) is 11.6 Å². The number of alkyl halides is 1. The molecule has 1 aromatic rings. The van der Waals surface area contributed by atoms with Crippen molar-refractivity contribution < 1.29 is 4.79 Å². The number of aryl methyl sites for hydroxylation is 2. The molecule has 2 rings (SSSR count). The maximum Gasteiger partial charge on any atom is 0.319 e. The highest BCUT2D eigenvalue weighted by Gasteiger charge is 2.18. The number of hydrogen-bond acceptors (Lipinski definition) is 1. The van der Waals surface area contributed by atoms with Gasteiger partial charge in [-0.2, -0.15) is 0 Å². The Morgan fingerprint density at radius 2 is 2.05 bits per heavy atom. The average molecular weight is 281 g/mol. The molecule has 1 aliphatic rings. The molecule has 0 saturated carbocycles. The second-order valence-corrected chi connectivity index (χ2v) is 5.49. The quantitative estimate of drug-likeness (QED) is 0.817. The third-order valence-corrected chi connectivity index (χ3v) is 3.98. The van der Waals surface area contributed by atoms with E-state index in [-0.39, 0.29) is 6.03 Å². The number of amides is 2. The van der Waals surface area contributed by atoms with Gasteiger partial charge in [-0.15, -0.1) is 11.6 Å². The maximum atomic E-state index is 11.8. The number of anilines is 1. The van der Waals surface area contributed by atoms with Crippen LogP contribution >= 0.6 is 11.6 Å². The monoisotopic (exact) mass is 280 g/mol. The van der Waals surface area contributed by atoms with Gasteiger partial charge in [-0.1, -0.05) is 6.07 Å². The summed E-state index contributed by atoms with van der Waals surface area (Å²) in [4.78, 5) is 11.8. The summed E-state index contributed by atoms with van der Waals surface area (Å²) < 4.78 is 0. The van der Waals surface area contributed by atoms with E-state index in [0.717, 1.165) is 18.5 Å². The largest absolute Gasteiger partial charge is 0.337 e. The van der Waals surface area contributed by atoms with Gasteiger partial charge in [-0.05, 0) is 61.8 Å². The van der Waals surface area contributed by atoms with Crippen molar-refractivity contribution in [3.8, 4) is 0 Å². The first-order valence-electron chi connectivity index (χ1n) is 6.86. The summed E-state index contributed by atoms with van der Waals surface area (Å²) in [6, 6.07) is 2.10. The molecule has 0 heterocycles. The van der Waals surface area contributed by atoms with Crippen molar-refractivity contribution in [2.45, 2.75) is 39.5 Å². The lowest BCUT2D eigenvalue weighted by atomic mass is 9.87. The van der Waals surface area contributed by atoms with E-state index in [1.165, 1.54) is 35.1 Å². The van der Waals surface area contributed by atoms with E-state index in [1.54, 1.807) is 0 Å². The Hall–Kier alpha value is -1.22. The Kier molecular flexibility index (Phi) is 4.70. The average Bonchev–Trinajstić information content (AvgIpc) is 2.41. The highest BCUT2D eigenvalue weighted by Crippen LogP contribution is 2.32. The van der Waals surface area contributed by atoms with E-state index in [9.17, 15) is 4.79 Å². The zero-order valence-electron chi connectivity index (χ0n) is 11.6. The van der Waals surface area contributed by atoms with Crippen LogP contribution in [0.3, 0.4) is 0 Å². The van der Waals surface area contributed by atoms with Gasteiger partial charge in [-0.25, -0.2) is 4.79 Å². The molecule has 1 aliphatic carbocycles. The molecule has 3 nitrogen and oxygen atoms in total. The second kappa shape index (κ2) is 6.29. The number of carbonyl (C=O) groups is 1. The van der Waals surface area contributed by atoms with Gasteiger partial charge in [0.2, 0.25) is 0 Å². The van der Waals surface area contributed by atoms with Crippen LogP contribution in [0.25, 0.3) is 0 Å². The van der Waals surface area contributed by atoms with Crippen molar-refractivity contribution in [1.29, 1.82) is 0 Å². The smallest absolute Gasteiger partial charge is 0.319 e. The van der Waals surface area contributed by atoms with Crippen LogP contribution in [0.5, 0.6) is 0 Å². The zero-order valence-corrected chi connectivity index (χ0v) is 12.4. The summed E-state index contributed by atoms with van der Waals surface area (Å²) >= 11 is 5.58. The van der Waals surface area contributed by atoms with Gasteiger partial charge in [0.1, 0.15) is 0 Å². The topological polar surface area (TPSA) is 41.1 Å². The minimum absolute atomic E-state index is 0.165. The van der Waals surface area contributed by atoms with Crippen molar-refractivity contribution in [1.82, 2.24) is 5.32 Å². The highest BCUT2D eigenvalue weighted by molar-refractivity contribution is 6.18. The van der Waals surface area contributed by atoms with Gasteiger partial charge >= 0.3 is 6.03 Å². The molecule has 2 amide bonds. The van der Waals surface area contributed by atoms with Crippen molar-refractivity contribution in [2.24, 2.45) is 0 Å². The van der Waals surface area contributed by atoms with Gasteiger partial charge in [0.05, 0.1) is 0 Å². The lowest BCUT2D eigenvalue weighted by Gasteiger charge is -2.23. The molecule has 0 aromatic heterocycles. The van der Waals surface area contributed by atoms with Gasteiger partial charge in [0.25, 0.3) is 0 Å². The van der Waals surface area contributed by atoms with Gasteiger partial charge in [0, 0.05) is 18.1 Å². The second-order valence-electron chi connectivity index (χ2n) is 5.11. The first kappa shape index (κ1) is 14.2. The van der Waals surface area contributed by atoms with Crippen LogP contribution in [0.15, 0.2) is 6.07 Å². The van der Waals surface area contributed by atoms with Crippen molar-refractivity contribution in [3.63, 3.8) is 0 Å². The van der Waals surface area contributed by atoms with Crippen LogP contribution in [-0.4, -0.2) is 18.5 Å². The van der Waals surface area contributed by atoms with Crippen LogP contribution in [0.2, 0.25) is 0 Å². The first-order valence-corrected chi connectivity index (χ1v) is 7.39. The fourth-order valence-electron chi connectivity index (χ4n) is 2.65.